The van der Waals surface area contributed by atoms with Crippen molar-refractivity contribution in [2.45, 2.75) is 20.0 Å². The number of halogens is 1. The molecule has 156 valence electrons. The molecular weight excluding hydrogens is 452 g/mol. The van der Waals surface area contributed by atoms with Gasteiger partial charge in [-0.05, 0) is 56.3 Å². The van der Waals surface area contributed by atoms with Crippen LogP contribution in [0.2, 0.25) is 0 Å². The summed E-state index contributed by atoms with van der Waals surface area (Å²) in [5.41, 5.74) is 4.44. The number of carbonyl (C=O) groups is 1. The Bertz CT molecular complexity index is 1080. The van der Waals surface area contributed by atoms with Gasteiger partial charge in [0.1, 0.15) is 11.4 Å². The van der Waals surface area contributed by atoms with E-state index in [0.717, 1.165) is 10.0 Å². The van der Waals surface area contributed by atoms with E-state index in [-0.39, 0.29) is 17.5 Å². The first-order chi connectivity index (χ1) is 14.4. The number of aromatic nitrogens is 2. The predicted octanol–water partition coefficient (Wildman–Crippen LogP) is 4.10. The fourth-order valence-corrected chi connectivity index (χ4v) is 2.99. The van der Waals surface area contributed by atoms with Gasteiger partial charge in [0.05, 0.1) is 25.1 Å². The van der Waals surface area contributed by atoms with E-state index in [0.29, 0.717) is 22.8 Å². The van der Waals surface area contributed by atoms with Gasteiger partial charge < -0.3 is 14.6 Å². The molecule has 1 aromatic heterocycles. The minimum atomic E-state index is -0.466. The number of methoxy groups -OCH3 is 1. The average Bonchev–Trinajstić information content (AvgIpc) is 3.21. The molecule has 0 saturated carbocycles. The summed E-state index contributed by atoms with van der Waals surface area (Å²) in [7, 11) is 1.57. The number of nitrogens with zero attached hydrogens (tertiary/aromatic N) is 2. The lowest BCUT2D eigenvalue weighted by Crippen LogP contribution is -2.18. The summed E-state index contributed by atoms with van der Waals surface area (Å²) in [6, 6.07) is 12.0. The van der Waals surface area contributed by atoms with Crippen LogP contribution in [0.4, 0.5) is 0 Å². The second-order valence-electron chi connectivity index (χ2n) is 6.60. The molecule has 30 heavy (non-hydrogen) atoms. The topological polar surface area (TPSA) is 109 Å². The molecule has 0 atom stereocenters. The summed E-state index contributed by atoms with van der Waals surface area (Å²) < 4.78 is 11.9. The molecule has 0 aliphatic rings. The molecule has 0 unspecified atom stereocenters. The highest BCUT2D eigenvalue weighted by molar-refractivity contribution is 9.10. The van der Waals surface area contributed by atoms with E-state index in [1.54, 1.807) is 37.4 Å². The normalized spacial score (nSPS) is 11.1. The maximum absolute atomic E-state index is 12.3. The molecule has 1 heterocycles. The van der Waals surface area contributed by atoms with Gasteiger partial charge in [-0.1, -0.05) is 15.9 Å². The highest BCUT2D eigenvalue weighted by Crippen LogP contribution is 2.32. The highest BCUT2D eigenvalue weighted by Gasteiger charge is 2.13. The number of ether oxygens (including phenoxy) is 2. The second kappa shape index (κ2) is 9.45. The van der Waals surface area contributed by atoms with E-state index in [9.17, 15) is 9.90 Å². The van der Waals surface area contributed by atoms with Gasteiger partial charge in [0.2, 0.25) is 0 Å². The molecule has 3 rings (SSSR count). The van der Waals surface area contributed by atoms with Crippen LogP contribution in [0.15, 0.2) is 52.0 Å². The summed E-state index contributed by atoms with van der Waals surface area (Å²) in [6.45, 7) is 3.87. The van der Waals surface area contributed by atoms with E-state index < -0.39 is 5.91 Å². The van der Waals surface area contributed by atoms with Gasteiger partial charge in [-0.25, -0.2) is 5.43 Å². The van der Waals surface area contributed by atoms with E-state index in [2.05, 4.69) is 36.7 Å². The SMILES string of the molecule is COc1cc(-c2cc(C(=O)N/N=C\c3cc(Br)ccc3O)[nH]n2)ccc1OC(C)C. The minimum Gasteiger partial charge on any atom is -0.507 e. The van der Waals surface area contributed by atoms with Crippen molar-refractivity contribution < 1.29 is 19.4 Å². The van der Waals surface area contributed by atoms with Crippen LogP contribution < -0.4 is 14.9 Å². The third-order valence-electron chi connectivity index (χ3n) is 4.00. The molecule has 1 amide bonds. The molecule has 0 saturated heterocycles. The van der Waals surface area contributed by atoms with Gasteiger partial charge in [0, 0.05) is 15.6 Å². The number of phenolic OH excluding ortho intramolecular Hbond substituents is 1. The Morgan fingerprint density at radius 2 is 2.03 bits per heavy atom. The maximum atomic E-state index is 12.3. The Kier molecular flexibility index (Phi) is 6.73. The molecule has 0 bridgehead atoms. The van der Waals surface area contributed by atoms with Crippen LogP contribution in [0.3, 0.4) is 0 Å². The van der Waals surface area contributed by atoms with E-state index in [4.69, 9.17) is 9.47 Å². The molecule has 9 heteroatoms. The Labute approximate surface area is 182 Å². The number of hydrogen-bond acceptors (Lipinski definition) is 6. The Balaban J connectivity index is 1.72. The third kappa shape index (κ3) is 5.18. The number of nitrogens with one attached hydrogen (secondary N) is 2. The summed E-state index contributed by atoms with van der Waals surface area (Å²) in [6.07, 6.45) is 1.37. The fraction of sp³-hybridized carbons (Fsp3) is 0.190. The number of aromatic amines is 1. The van der Waals surface area contributed by atoms with Crippen molar-refractivity contribution in [1.82, 2.24) is 15.6 Å². The number of aromatic hydroxyl groups is 1. The first-order valence-corrected chi connectivity index (χ1v) is 9.89. The standard InChI is InChI=1S/C21H21BrN4O4/c1-12(2)30-19-7-4-13(9-20(19)29-3)16-10-17(25-24-16)21(28)26-23-11-14-8-15(22)5-6-18(14)27/h4-12,27H,1-3H3,(H,24,25)(H,26,28)/b23-11-. The summed E-state index contributed by atoms with van der Waals surface area (Å²) in [5, 5.41) is 20.6. The minimum absolute atomic E-state index is 0.0184. The van der Waals surface area contributed by atoms with Gasteiger partial charge >= 0.3 is 0 Å². The molecule has 3 N–H and O–H groups in total. The largest absolute Gasteiger partial charge is 0.507 e. The van der Waals surface area contributed by atoms with Crippen molar-refractivity contribution >= 4 is 28.1 Å². The van der Waals surface area contributed by atoms with Crippen molar-refractivity contribution in [2.24, 2.45) is 5.10 Å². The predicted molar refractivity (Wildman–Crippen MR) is 117 cm³/mol. The van der Waals surface area contributed by atoms with E-state index in [1.807, 2.05) is 19.9 Å². The van der Waals surface area contributed by atoms with Crippen LogP contribution in [0.5, 0.6) is 17.2 Å². The summed E-state index contributed by atoms with van der Waals surface area (Å²) in [4.78, 5) is 12.3. The fourth-order valence-electron chi connectivity index (χ4n) is 2.61. The number of phenols is 1. The molecule has 0 radical (unpaired) electrons. The lowest BCUT2D eigenvalue weighted by Gasteiger charge is -2.14. The molecule has 0 fully saturated rings. The number of amides is 1. The molecule has 0 aliphatic heterocycles. The molecule has 2 aromatic carbocycles. The van der Waals surface area contributed by atoms with Crippen LogP contribution >= 0.6 is 15.9 Å². The summed E-state index contributed by atoms with van der Waals surface area (Å²) in [5.74, 6) is 0.800. The summed E-state index contributed by atoms with van der Waals surface area (Å²) >= 11 is 3.31. The van der Waals surface area contributed by atoms with Crippen molar-refractivity contribution in [3.63, 3.8) is 0 Å². The van der Waals surface area contributed by atoms with Crippen molar-refractivity contribution in [3.05, 3.63) is 58.2 Å². The first kappa shape index (κ1) is 21.4. The Hall–Kier alpha value is -3.33. The zero-order chi connectivity index (χ0) is 21.7. The van der Waals surface area contributed by atoms with Crippen LogP contribution in [-0.4, -0.2) is 40.6 Å². The quantitative estimate of drug-likeness (QED) is 0.354. The Morgan fingerprint density at radius 3 is 2.77 bits per heavy atom. The van der Waals surface area contributed by atoms with Crippen LogP contribution in [0.25, 0.3) is 11.3 Å². The van der Waals surface area contributed by atoms with Gasteiger partial charge in [0.25, 0.3) is 5.91 Å². The van der Waals surface area contributed by atoms with Crippen LogP contribution in [-0.2, 0) is 0 Å². The highest BCUT2D eigenvalue weighted by atomic mass is 79.9. The zero-order valence-electron chi connectivity index (χ0n) is 16.6. The van der Waals surface area contributed by atoms with Gasteiger partial charge in [-0.3, -0.25) is 9.89 Å². The molecule has 3 aromatic rings. The maximum Gasteiger partial charge on any atom is 0.289 e. The van der Waals surface area contributed by atoms with Crippen molar-refractivity contribution in [2.75, 3.05) is 7.11 Å². The van der Waals surface area contributed by atoms with Crippen LogP contribution in [0, 0.1) is 0 Å². The number of H-pyrrole nitrogens is 1. The molecular formula is C21H21BrN4O4. The second-order valence-corrected chi connectivity index (χ2v) is 7.52. The number of rotatable bonds is 7. The monoisotopic (exact) mass is 472 g/mol. The van der Waals surface area contributed by atoms with Gasteiger partial charge in [-0.15, -0.1) is 0 Å². The zero-order valence-corrected chi connectivity index (χ0v) is 18.2. The molecule has 8 nitrogen and oxygen atoms in total. The molecule has 0 spiro atoms. The number of hydrogen-bond donors (Lipinski definition) is 3. The lowest BCUT2D eigenvalue weighted by molar-refractivity contribution is 0.0950. The smallest absolute Gasteiger partial charge is 0.289 e. The molecule has 0 aliphatic carbocycles. The Morgan fingerprint density at radius 1 is 1.23 bits per heavy atom. The number of benzene rings is 2. The van der Waals surface area contributed by atoms with Crippen LogP contribution in [0.1, 0.15) is 29.9 Å². The van der Waals surface area contributed by atoms with Gasteiger partial charge in [-0.2, -0.15) is 10.2 Å². The van der Waals surface area contributed by atoms with Gasteiger partial charge in [0.15, 0.2) is 11.5 Å². The van der Waals surface area contributed by atoms with E-state index in [1.165, 1.54) is 12.3 Å². The number of carbonyl (C=O) groups excluding carboxylic acids is 1. The lowest BCUT2D eigenvalue weighted by atomic mass is 10.1. The first-order valence-electron chi connectivity index (χ1n) is 9.09. The third-order valence-corrected chi connectivity index (χ3v) is 4.50. The van der Waals surface area contributed by atoms with Crippen molar-refractivity contribution in [1.29, 1.82) is 0 Å². The van der Waals surface area contributed by atoms with E-state index >= 15 is 0 Å². The van der Waals surface area contributed by atoms with Crippen molar-refractivity contribution in [3.8, 4) is 28.5 Å². The average molecular weight is 473 g/mol. The number of hydrazone groups is 1.